The average molecular weight is 274 g/mol. The molecule has 0 saturated carbocycles. The highest BCUT2D eigenvalue weighted by Crippen LogP contribution is 2.36. The smallest absolute Gasteiger partial charge is 0.398 e. The lowest BCUT2D eigenvalue weighted by Crippen LogP contribution is -2.41. The number of nitrogens with zero attached hydrogens (tertiary/aromatic N) is 2. The van der Waals surface area contributed by atoms with Crippen molar-refractivity contribution >= 4 is 12.7 Å². The third kappa shape index (κ3) is 2.71. The van der Waals surface area contributed by atoms with Crippen molar-refractivity contribution in [1.29, 1.82) is 5.26 Å². The van der Waals surface area contributed by atoms with Crippen molar-refractivity contribution in [3.8, 4) is 6.07 Å². The van der Waals surface area contributed by atoms with Gasteiger partial charge in [0.2, 0.25) is 0 Å². The van der Waals surface area contributed by atoms with Gasteiger partial charge in [-0.1, -0.05) is 0 Å². The molecule has 2 heterocycles. The minimum Gasteiger partial charge on any atom is -0.398 e. The fourth-order valence-corrected chi connectivity index (χ4v) is 2.00. The molecule has 0 unspecified atom stereocenters. The number of pyridine rings is 1. The first kappa shape index (κ1) is 15.0. The van der Waals surface area contributed by atoms with Gasteiger partial charge in [0.1, 0.15) is 11.8 Å². The fraction of sp³-hybridized carbons (Fsp3) is 0.571. The van der Waals surface area contributed by atoms with Crippen molar-refractivity contribution in [1.82, 2.24) is 4.98 Å². The Bertz CT molecular complexity index is 536. The van der Waals surface area contributed by atoms with Gasteiger partial charge in [0, 0.05) is 7.11 Å². The lowest BCUT2D eigenvalue weighted by atomic mass is 9.83. The summed E-state index contributed by atoms with van der Waals surface area (Å²) in [5, 5.41) is 9.07. The highest BCUT2D eigenvalue weighted by Gasteiger charge is 2.52. The first-order chi connectivity index (χ1) is 9.29. The van der Waals surface area contributed by atoms with Crippen molar-refractivity contribution in [2.45, 2.75) is 45.5 Å². The van der Waals surface area contributed by atoms with Gasteiger partial charge in [-0.3, -0.25) is 0 Å². The van der Waals surface area contributed by atoms with Crippen LogP contribution in [0.4, 0.5) is 0 Å². The maximum atomic E-state index is 9.07. The quantitative estimate of drug-likeness (QED) is 0.779. The van der Waals surface area contributed by atoms with Crippen molar-refractivity contribution in [2.24, 2.45) is 0 Å². The predicted molar refractivity (Wildman–Crippen MR) is 75.4 cm³/mol. The molecule has 20 heavy (non-hydrogen) atoms. The van der Waals surface area contributed by atoms with E-state index in [1.807, 2.05) is 33.8 Å². The van der Waals surface area contributed by atoms with Crippen LogP contribution in [0.3, 0.4) is 0 Å². The molecule has 2 rings (SSSR count). The van der Waals surface area contributed by atoms with E-state index in [9.17, 15) is 0 Å². The number of hydrogen-bond acceptors (Lipinski definition) is 5. The Morgan fingerprint density at radius 2 is 1.85 bits per heavy atom. The number of rotatable bonds is 3. The average Bonchev–Trinajstić information content (AvgIpc) is 2.58. The summed E-state index contributed by atoms with van der Waals surface area (Å²) in [6.07, 6.45) is 0. The summed E-state index contributed by atoms with van der Waals surface area (Å²) in [6, 6.07) is 5.61. The van der Waals surface area contributed by atoms with Crippen LogP contribution in [0, 0.1) is 11.3 Å². The predicted octanol–water partition coefficient (Wildman–Crippen LogP) is 1.40. The molecular weight excluding hydrogens is 255 g/mol. The molecule has 0 amide bonds. The van der Waals surface area contributed by atoms with Gasteiger partial charge in [-0.05, 0) is 45.4 Å². The minimum atomic E-state index is -0.566. The summed E-state index contributed by atoms with van der Waals surface area (Å²) < 4.78 is 17.0. The number of nitriles is 1. The fourth-order valence-electron chi connectivity index (χ4n) is 2.00. The molecule has 5 nitrogen and oxygen atoms in total. The monoisotopic (exact) mass is 274 g/mol. The number of ether oxygens (including phenoxy) is 1. The summed E-state index contributed by atoms with van der Waals surface area (Å²) in [4.78, 5) is 4.28. The van der Waals surface area contributed by atoms with Crippen molar-refractivity contribution in [3.05, 3.63) is 23.4 Å². The first-order valence-electron chi connectivity index (χ1n) is 6.54. The van der Waals surface area contributed by atoms with Crippen LogP contribution in [0.2, 0.25) is 0 Å². The van der Waals surface area contributed by atoms with Gasteiger partial charge >= 0.3 is 7.12 Å². The van der Waals surface area contributed by atoms with Gasteiger partial charge in [0.05, 0.1) is 23.4 Å². The Kier molecular flexibility index (Phi) is 3.87. The topological polar surface area (TPSA) is 64.4 Å². The van der Waals surface area contributed by atoms with Gasteiger partial charge in [-0.2, -0.15) is 5.26 Å². The molecule has 0 aromatic carbocycles. The lowest BCUT2D eigenvalue weighted by Gasteiger charge is -2.32. The van der Waals surface area contributed by atoms with E-state index in [-0.39, 0.29) is 0 Å². The van der Waals surface area contributed by atoms with Gasteiger partial charge in [-0.15, -0.1) is 0 Å². The van der Waals surface area contributed by atoms with Gasteiger partial charge < -0.3 is 14.0 Å². The molecule has 6 heteroatoms. The Morgan fingerprint density at radius 3 is 2.35 bits per heavy atom. The second-order valence-corrected chi connectivity index (χ2v) is 5.92. The normalized spacial score (nSPS) is 19.9. The molecule has 1 fully saturated rings. The molecule has 1 aromatic rings. The Labute approximate surface area is 120 Å². The Morgan fingerprint density at radius 1 is 1.25 bits per heavy atom. The molecule has 0 atom stereocenters. The summed E-state index contributed by atoms with van der Waals surface area (Å²) >= 11 is 0. The van der Waals surface area contributed by atoms with E-state index in [2.05, 4.69) is 11.1 Å². The molecule has 0 bridgehead atoms. The SMILES string of the molecule is COCc1cc(C#N)nc(B2OC(C)(C)C(C)(C)O2)c1. The van der Waals surface area contributed by atoms with E-state index in [0.29, 0.717) is 17.9 Å². The van der Waals surface area contributed by atoms with E-state index in [1.54, 1.807) is 13.2 Å². The van der Waals surface area contributed by atoms with Crippen LogP contribution in [-0.2, 0) is 20.7 Å². The van der Waals surface area contributed by atoms with Crippen LogP contribution in [0.25, 0.3) is 0 Å². The van der Waals surface area contributed by atoms with Crippen molar-refractivity contribution in [3.63, 3.8) is 0 Å². The van der Waals surface area contributed by atoms with E-state index in [0.717, 1.165) is 5.56 Å². The second kappa shape index (κ2) is 5.17. The Balaban J connectivity index is 2.35. The van der Waals surface area contributed by atoms with Crippen molar-refractivity contribution in [2.75, 3.05) is 7.11 Å². The lowest BCUT2D eigenvalue weighted by molar-refractivity contribution is 0.00578. The zero-order valence-electron chi connectivity index (χ0n) is 12.6. The molecule has 1 aromatic heterocycles. The van der Waals surface area contributed by atoms with E-state index >= 15 is 0 Å². The second-order valence-electron chi connectivity index (χ2n) is 5.92. The number of methoxy groups -OCH3 is 1. The van der Waals surface area contributed by atoms with Crippen LogP contribution in [0.5, 0.6) is 0 Å². The van der Waals surface area contributed by atoms with Crippen LogP contribution >= 0.6 is 0 Å². The van der Waals surface area contributed by atoms with Crippen LogP contribution in [0.1, 0.15) is 39.0 Å². The zero-order valence-corrected chi connectivity index (χ0v) is 12.6. The van der Waals surface area contributed by atoms with Crippen molar-refractivity contribution < 1.29 is 14.0 Å². The van der Waals surface area contributed by atoms with Crippen LogP contribution in [-0.4, -0.2) is 30.4 Å². The third-order valence-corrected chi connectivity index (χ3v) is 3.83. The van der Waals surface area contributed by atoms with E-state index in [4.69, 9.17) is 19.3 Å². The first-order valence-corrected chi connectivity index (χ1v) is 6.54. The summed E-state index contributed by atoms with van der Waals surface area (Å²) in [5.41, 5.74) is 0.968. The van der Waals surface area contributed by atoms with Crippen LogP contribution in [0.15, 0.2) is 12.1 Å². The van der Waals surface area contributed by atoms with E-state index < -0.39 is 18.3 Å². The van der Waals surface area contributed by atoms with Crippen LogP contribution < -0.4 is 5.59 Å². The Hall–Kier alpha value is -1.42. The number of aromatic nitrogens is 1. The summed E-state index contributed by atoms with van der Waals surface area (Å²) in [6.45, 7) is 8.35. The highest BCUT2D eigenvalue weighted by atomic mass is 16.7. The molecule has 106 valence electrons. The molecule has 1 saturated heterocycles. The maximum Gasteiger partial charge on any atom is 0.514 e. The molecule has 0 N–H and O–H groups in total. The van der Waals surface area contributed by atoms with Gasteiger partial charge in [0.15, 0.2) is 0 Å². The minimum absolute atomic E-state index is 0.337. The molecule has 0 radical (unpaired) electrons. The molecule has 1 aliphatic heterocycles. The van der Waals surface area contributed by atoms with Gasteiger partial charge in [0.25, 0.3) is 0 Å². The van der Waals surface area contributed by atoms with Gasteiger partial charge in [-0.25, -0.2) is 4.98 Å². The molecular formula is C14H19BN2O3. The molecule has 0 spiro atoms. The maximum absolute atomic E-state index is 9.07. The zero-order chi connectivity index (χ0) is 15.0. The molecule has 0 aliphatic carbocycles. The largest absolute Gasteiger partial charge is 0.514 e. The van der Waals surface area contributed by atoms with E-state index in [1.165, 1.54) is 0 Å². The summed E-state index contributed by atoms with van der Waals surface area (Å²) in [7, 11) is 1.05. The molecule has 1 aliphatic rings. The number of hydrogen-bond donors (Lipinski definition) is 0. The third-order valence-electron chi connectivity index (χ3n) is 3.83. The standard InChI is InChI=1S/C14H19BN2O3/c1-13(2)14(3,4)20-15(19-13)12-7-10(9-18-5)6-11(8-16)17-12/h6-7H,9H2,1-5H3. The highest BCUT2D eigenvalue weighted by molar-refractivity contribution is 6.61. The summed E-state index contributed by atoms with van der Waals surface area (Å²) in [5.74, 6) is 0.